The van der Waals surface area contributed by atoms with Crippen molar-refractivity contribution in [2.75, 3.05) is 13.1 Å². The average molecular weight is 405 g/mol. The number of carbonyl (C=O) groups excluding carboxylic acids is 3. The number of imide groups is 1. The van der Waals surface area contributed by atoms with Crippen LogP contribution in [-0.2, 0) is 17.6 Å². The Hall–Kier alpha value is -3.09. The third kappa shape index (κ3) is 2.47. The number of rotatable bonds is 1. The molecule has 1 saturated heterocycles. The molecule has 3 amide bonds. The average Bonchev–Trinajstić information content (AvgIpc) is 3.44. The molecule has 30 heavy (non-hydrogen) atoms. The SMILES string of the molecule is O=C1NC(=O)c2c1c1c(c3[nH]c4c(c23)=CC(OC(=O)N2CCCCC2)CC=4)CCC1. The van der Waals surface area contributed by atoms with Gasteiger partial charge in [0.05, 0.1) is 16.6 Å². The lowest BCUT2D eigenvalue weighted by Crippen LogP contribution is -2.39. The first kappa shape index (κ1) is 17.7. The first-order valence-corrected chi connectivity index (χ1v) is 10.8. The molecule has 1 aromatic heterocycles. The number of ether oxygens (including phenoxy) is 1. The van der Waals surface area contributed by atoms with Crippen molar-refractivity contribution in [1.82, 2.24) is 15.2 Å². The van der Waals surface area contributed by atoms with E-state index in [0.717, 1.165) is 84.2 Å². The number of nitrogens with zero attached hydrogens (tertiary/aromatic N) is 1. The summed E-state index contributed by atoms with van der Waals surface area (Å²) in [4.78, 5) is 43.0. The van der Waals surface area contributed by atoms with Crippen LogP contribution in [0.2, 0.25) is 0 Å². The zero-order valence-corrected chi connectivity index (χ0v) is 16.7. The normalized spacial score (nSPS) is 22.1. The topological polar surface area (TPSA) is 91.5 Å². The molecule has 0 spiro atoms. The molecule has 0 radical (unpaired) electrons. The minimum atomic E-state index is -0.380. The Kier molecular flexibility index (Phi) is 3.82. The van der Waals surface area contributed by atoms with E-state index in [2.05, 4.69) is 10.3 Å². The fourth-order valence-corrected chi connectivity index (χ4v) is 5.48. The standard InChI is InChI=1S/C23H23N3O4/c27-21-18-13-5-4-6-14(13)20-17(19(18)22(28)25-21)15-11-12(7-8-16(15)24-20)30-23(29)26-9-2-1-3-10-26/h8,11-12,24H,1-7,9-10H2,(H,25,27,28). The van der Waals surface area contributed by atoms with Crippen LogP contribution in [0.1, 0.15) is 63.9 Å². The van der Waals surface area contributed by atoms with Crippen molar-refractivity contribution in [3.05, 3.63) is 32.8 Å². The van der Waals surface area contributed by atoms with Crippen LogP contribution in [0.3, 0.4) is 0 Å². The summed E-state index contributed by atoms with van der Waals surface area (Å²) in [5.41, 5.74) is 4.12. The van der Waals surface area contributed by atoms with Gasteiger partial charge in [-0.1, -0.05) is 6.08 Å². The number of piperidine rings is 1. The summed E-state index contributed by atoms with van der Waals surface area (Å²) in [5, 5.41) is 5.07. The summed E-state index contributed by atoms with van der Waals surface area (Å²) >= 11 is 0. The lowest BCUT2D eigenvalue weighted by molar-refractivity contribution is 0.0802. The highest BCUT2D eigenvalue weighted by Crippen LogP contribution is 2.36. The highest BCUT2D eigenvalue weighted by Gasteiger charge is 2.36. The Morgan fingerprint density at radius 3 is 2.60 bits per heavy atom. The van der Waals surface area contributed by atoms with Crippen LogP contribution in [0.5, 0.6) is 0 Å². The minimum Gasteiger partial charge on any atom is -0.441 e. The van der Waals surface area contributed by atoms with Gasteiger partial charge < -0.3 is 14.6 Å². The van der Waals surface area contributed by atoms with Crippen LogP contribution in [0.4, 0.5) is 4.79 Å². The second-order valence-corrected chi connectivity index (χ2v) is 8.62. The number of aromatic nitrogens is 1. The van der Waals surface area contributed by atoms with E-state index in [9.17, 15) is 14.4 Å². The second-order valence-electron chi connectivity index (χ2n) is 8.62. The number of nitrogens with one attached hydrogen (secondary N) is 2. The summed E-state index contributed by atoms with van der Waals surface area (Å²) in [6.45, 7) is 1.49. The number of aromatic amines is 1. The van der Waals surface area contributed by atoms with Gasteiger partial charge in [-0.25, -0.2) is 4.79 Å². The molecule has 2 aromatic rings. The number of hydrogen-bond acceptors (Lipinski definition) is 4. The summed E-state index contributed by atoms with van der Waals surface area (Å²) in [5.74, 6) is -0.629. The molecule has 3 heterocycles. The number of benzene rings is 1. The van der Waals surface area contributed by atoms with E-state index in [1.165, 1.54) is 0 Å². The van der Waals surface area contributed by atoms with Gasteiger partial charge in [-0.3, -0.25) is 14.9 Å². The summed E-state index contributed by atoms with van der Waals surface area (Å²) in [7, 11) is 0. The molecule has 1 fully saturated rings. The smallest absolute Gasteiger partial charge is 0.410 e. The van der Waals surface area contributed by atoms with Crippen molar-refractivity contribution in [3.63, 3.8) is 0 Å². The molecule has 7 heteroatoms. The summed E-state index contributed by atoms with van der Waals surface area (Å²) < 4.78 is 5.78. The van der Waals surface area contributed by atoms with E-state index in [-0.39, 0.29) is 24.0 Å². The maximum Gasteiger partial charge on any atom is 0.410 e. The first-order valence-electron chi connectivity index (χ1n) is 10.8. The van der Waals surface area contributed by atoms with Crippen molar-refractivity contribution in [2.24, 2.45) is 0 Å². The van der Waals surface area contributed by atoms with Crippen LogP contribution in [-0.4, -0.2) is 47.0 Å². The molecule has 1 atom stereocenters. The Bertz CT molecular complexity index is 1250. The third-order valence-corrected chi connectivity index (χ3v) is 6.85. The van der Waals surface area contributed by atoms with Crippen LogP contribution in [0.25, 0.3) is 23.1 Å². The zero-order chi connectivity index (χ0) is 20.4. The van der Waals surface area contributed by atoms with E-state index in [4.69, 9.17) is 4.74 Å². The summed E-state index contributed by atoms with van der Waals surface area (Å²) in [6, 6.07) is 0. The Morgan fingerprint density at radius 2 is 1.77 bits per heavy atom. The van der Waals surface area contributed by atoms with Crippen LogP contribution in [0.15, 0.2) is 0 Å². The molecule has 1 unspecified atom stereocenters. The molecule has 2 aliphatic carbocycles. The Morgan fingerprint density at radius 1 is 1.00 bits per heavy atom. The molecule has 2 N–H and O–H groups in total. The number of likely N-dealkylation sites (tertiary alicyclic amines) is 1. The fourth-order valence-electron chi connectivity index (χ4n) is 5.48. The molecule has 0 bridgehead atoms. The molecule has 6 rings (SSSR count). The highest BCUT2D eigenvalue weighted by atomic mass is 16.6. The quantitative estimate of drug-likeness (QED) is 0.704. The van der Waals surface area contributed by atoms with Crippen LogP contribution in [0, 0.1) is 0 Å². The minimum absolute atomic E-state index is 0.272. The number of fused-ring (bicyclic) bond motifs is 8. The Labute approximate surface area is 172 Å². The fraction of sp³-hybridized carbons (Fsp3) is 0.435. The van der Waals surface area contributed by atoms with Crippen molar-refractivity contribution in [1.29, 1.82) is 0 Å². The number of H-pyrrole nitrogens is 1. The van der Waals surface area contributed by atoms with Gasteiger partial charge >= 0.3 is 6.09 Å². The molecule has 7 nitrogen and oxygen atoms in total. The van der Waals surface area contributed by atoms with Gasteiger partial charge in [0.15, 0.2) is 0 Å². The third-order valence-electron chi connectivity index (χ3n) is 6.85. The molecular weight excluding hydrogens is 382 g/mol. The molecule has 4 aliphatic rings. The van der Waals surface area contributed by atoms with Gasteiger partial charge in [0.1, 0.15) is 6.10 Å². The van der Waals surface area contributed by atoms with Gasteiger partial charge in [0.25, 0.3) is 11.8 Å². The Balaban J connectivity index is 1.48. The number of hydrogen-bond donors (Lipinski definition) is 2. The molecular formula is C23H23N3O4. The van der Waals surface area contributed by atoms with Gasteiger partial charge in [-0.2, -0.15) is 0 Å². The highest BCUT2D eigenvalue weighted by molar-refractivity contribution is 6.27. The molecule has 2 aliphatic heterocycles. The van der Waals surface area contributed by atoms with Crippen molar-refractivity contribution < 1.29 is 19.1 Å². The van der Waals surface area contributed by atoms with Gasteiger partial charge in [0, 0.05) is 35.5 Å². The van der Waals surface area contributed by atoms with Gasteiger partial charge in [-0.05, 0) is 55.7 Å². The number of aryl methyl sites for hydroxylation is 1. The predicted molar refractivity (Wildman–Crippen MR) is 111 cm³/mol. The largest absolute Gasteiger partial charge is 0.441 e. The molecule has 1 aromatic carbocycles. The van der Waals surface area contributed by atoms with Gasteiger partial charge in [0.2, 0.25) is 0 Å². The van der Waals surface area contributed by atoms with E-state index in [0.29, 0.717) is 17.5 Å². The van der Waals surface area contributed by atoms with E-state index < -0.39 is 0 Å². The van der Waals surface area contributed by atoms with E-state index in [1.54, 1.807) is 4.90 Å². The van der Waals surface area contributed by atoms with E-state index >= 15 is 0 Å². The second kappa shape index (κ2) is 6.45. The number of amides is 3. The maximum atomic E-state index is 12.7. The predicted octanol–water partition coefficient (Wildman–Crippen LogP) is 1.50. The maximum absolute atomic E-state index is 12.7. The van der Waals surface area contributed by atoms with Crippen LogP contribution >= 0.6 is 0 Å². The summed E-state index contributed by atoms with van der Waals surface area (Å²) in [6.07, 6.45) is 9.80. The van der Waals surface area contributed by atoms with Crippen molar-refractivity contribution >= 4 is 41.0 Å². The van der Waals surface area contributed by atoms with E-state index in [1.807, 2.05) is 12.2 Å². The molecule has 0 saturated carbocycles. The van der Waals surface area contributed by atoms with Crippen LogP contribution < -0.4 is 15.9 Å². The van der Waals surface area contributed by atoms with Crippen molar-refractivity contribution in [2.45, 2.75) is 51.0 Å². The lowest BCUT2D eigenvalue weighted by atomic mass is 9.93. The molecule has 154 valence electrons. The first-order chi connectivity index (χ1) is 14.6. The van der Waals surface area contributed by atoms with Gasteiger partial charge in [-0.15, -0.1) is 0 Å². The van der Waals surface area contributed by atoms with Crippen molar-refractivity contribution in [3.8, 4) is 0 Å². The monoisotopic (exact) mass is 405 g/mol. The lowest BCUT2D eigenvalue weighted by Gasteiger charge is -2.27. The zero-order valence-electron chi connectivity index (χ0n) is 16.7. The number of carbonyl (C=O) groups is 3.